The van der Waals surface area contributed by atoms with Gasteiger partial charge in [-0.2, -0.15) is 0 Å². The van der Waals surface area contributed by atoms with Gasteiger partial charge in [-0.3, -0.25) is 9.59 Å². The van der Waals surface area contributed by atoms with Crippen molar-refractivity contribution in [2.45, 2.75) is 33.2 Å². The fraction of sp³-hybridized carbons (Fsp3) is 0.333. The van der Waals surface area contributed by atoms with Gasteiger partial charge in [0.25, 0.3) is 5.91 Å². The zero-order valence-corrected chi connectivity index (χ0v) is 15.4. The maximum atomic E-state index is 13.6. The van der Waals surface area contributed by atoms with Crippen molar-refractivity contribution in [2.24, 2.45) is 5.92 Å². The summed E-state index contributed by atoms with van der Waals surface area (Å²) in [5, 5.41) is 5.57. The molecular formula is C21H25FN2O2. The van der Waals surface area contributed by atoms with Gasteiger partial charge < -0.3 is 10.6 Å². The number of benzene rings is 2. The Kier molecular flexibility index (Phi) is 6.89. The summed E-state index contributed by atoms with van der Waals surface area (Å²) in [6.07, 6.45) is 0.398. The molecule has 26 heavy (non-hydrogen) atoms. The zero-order chi connectivity index (χ0) is 19.1. The lowest BCUT2D eigenvalue weighted by Gasteiger charge is -2.22. The van der Waals surface area contributed by atoms with Crippen LogP contribution >= 0.6 is 0 Å². The number of halogens is 1. The van der Waals surface area contributed by atoms with Crippen LogP contribution in [-0.4, -0.2) is 24.4 Å². The molecule has 0 saturated heterocycles. The monoisotopic (exact) mass is 356 g/mol. The highest BCUT2D eigenvalue weighted by molar-refractivity contribution is 5.97. The molecule has 2 aromatic rings. The van der Waals surface area contributed by atoms with E-state index in [1.807, 2.05) is 32.9 Å². The fourth-order valence-corrected chi connectivity index (χ4v) is 2.60. The predicted octanol–water partition coefficient (Wildman–Crippen LogP) is 3.25. The van der Waals surface area contributed by atoms with E-state index in [2.05, 4.69) is 10.6 Å². The third-order valence-corrected chi connectivity index (χ3v) is 4.20. The van der Waals surface area contributed by atoms with Gasteiger partial charge >= 0.3 is 0 Å². The minimum atomic E-state index is -0.649. The molecule has 0 bridgehead atoms. The van der Waals surface area contributed by atoms with Crippen LogP contribution in [-0.2, 0) is 11.2 Å². The Labute approximate surface area is 153 Å². The second-order valence-electron chi connectivity index (χ2n) is 6.69. The summed E-state index contributed by atoms with van der Waals surface area (Å²) in [5.41, 5.74) is 2.13. The number of aryl methyl sites for hydroxylation is 1. The van der Waals surface area contributed by atoms with Gasteiger partial charge in [-0.15, -0.1) is 0 Å². The molecule has 5 heteroatoms. The van der Waals surface area contributed by atoms with Crippen LogP contribution in [0.3, 0.4) is 0 Å². The van der Waals surface area contributed by atoms with Crippen molar-refractivity contribution in [3.63, 3.8) is 0 Å². The van der Waals surface area contributed by atoms with E-state index in [9.17, 15) is 14.0 Å². The van der Waals surface area contributed by atoms with E-state index in [0.717, 1.165) is 5.56 Å². The van der Waals surface area contributed by atoms with Crippen LogP contribution in [0.5, 0.6) is 0 Å². The number of nitrogens with one attached hydrogen (secondary N) is 2. The fourth-order valence-electron chi connectivity index (χ4n) is 2.60. The van der Waals surface area contributed by atoms with Crippen LogP contribution in [0.1, 0.15) is 35.3 Å². The lowest BCUT2D eigenvalue weighted by Crippen LogP contribution is -2.50. The van der Waals surface area contributed by atoms with E-state index >= 15 is 0 Å². The Morgan fingerprint density at radius 2 is 1.69 bits per heavy atom. The maximum absolute atomic E-state index is 13.6. The summed E-state index contributed by atoms with van der Waals surface area (Å²) < 4.78 is 13.6. The molecule has 0 heterocycles. The third-order valence-electron chi connectivity index (χ3n) is 4.20. The lowest BCUT2D eigenvalue weighted by atomic mass is 10.0. The Hall–Kier alpha value is -2.69. The first kappa shape index (κ1) is 19.6. The largest absolute Gasteiger partial charge is 0.354 e. The smallest absolute Gasteiger partial charge is 0.251 e. The van der Waals surface area contributed by atoms with Crippen LogP contribution in [0.2, 0.25) is 0 Å². The molecule has 4 nitrogen and oxygen atoms in total. The molecule has 2 rings (SSSR count). The highest BCUT2D eigenvalue weighted by Crippen LogP contribution is 2.08. The molecule has 0 radical (unpaired) electrons. The normalized spacial score (nSPS) is 11.9. The van der Waals surface area contributed by atoms with Crippen LogP contribution in [0.15, 0.2) is 48.5 Å². The molecule has 1 unspecified atom stereocenters. The van der Waals surface area contributed by atoms with Gasteiger partial charge in [0.1, 0.15) is 11.9 Å². The first-order chi connectivity index (χ1) is 12.4. The summed E-state index contributed by atoms with van der Waals surface area (Å²) in [4.78, 5) is 24.8. The van der Waals surface area contributed by atoms with E-state index in [0.29, 0.717) is 24.1 Å². The quantitative estimate of drug-likeness (QED) is 0.800. The number of rotatable bonds is 7. The summed E-state index contributed by atoms with van der Waals surface area (Å²) in [7, 11) is 0. The van der Waals surface area contributed by atoms with Crippen molar-refractivity contribution in [2.75, 3.05) is 6.54 Å². The molecular weight excluding hydrogens is 331 g/mol. The van der Waals surface area contributed by atoms with E-state index in [4.69, 9.17) is 0 Å². The van der Waals surface area contributed by atoms with Gasteiger partial charge in [-0.05, 0) is 43.0 Å². The SMILES string of the molecule is Cc1ccc(C(=O)NC(C(=O)NCCc2ccccc2F)C(C)C)cc1. The van der Waals surface area contributed by atoms with Crippen LogP contribution < -0.4 is 10.6 Å². The number of carbonyl (C=O) groups is 2. The Morgan fingerprint density at radius 1 is 1.04 bits per heavy atom. The minimum absolute atomic E-state index is 0.0714. The molecule has 2 aromatic carbocycles. The van der Waals surface area contributed by atoms with Gasteiger partial charge in [0.2, 0.25) is 5.91 Å². The minimum Gasteiger partial charge on any atom is -0.354 e. The maximum Gasteiger partial charge on any atom is 0.251 e. The Balaban J connectivity index is 1.93. The van der Waals surface area contributed by atoms with Crippen molar-refractivity contribution in [1.82, 2.24) is 10.6 Å². The topological polar surface area (TPSA) is 58.2 Å². The molecule has 0 fully saturated rings. The highest BCUT2D eigenvalue weighted by Gasteiger charge is 2.24. The third kappa shape index (κ3) is 5.41. The van der Waals surface area contributed by atoms with E-state index in [1.165, 1.54) is 6.07 Å². The van der Waals surface area contributed by atoms with E-state index < -0.39 is 6.04 Å². The van der Waals surface area contributed by atoms with Crippen LogP contribution in [0.25, 0.3) is 0 Å². The van der Waals surface area contributed by atoms with Crippen molar-refractivity contribution in [1.29, 1.82) is 0 Å². The van der Waals surface area contributed by atoms with Gasteiger partial charge in [0, 0.05) is 12.1 Å². The number of amides is 2. The summed E-state index contributed by atoms with van der Waals surface area (Å²) >= 11 is 0. The zero-order valence-electron chi connectivity index (χ0n) is 15.4. The molecule has 2 amide bonds. The summed E-state index contributed by atoms with van der Waals surface area (Å²) in [6, 6.07) is 13.0. The number of hydrogen-bond acceptors (Lipinski definition) is 2. The molecule has 0 saturated carbocycles. The second-order valence-corrected chi connectivity index (χ2v) is 6.69. The van der Waals surface area contributed by atoms with E-state index in [1.54, 1.807) is 30.3 Å². The van der Waals surface area contributed by atoms with Gasteiger partial charge in [-0.25, -0.2) is 4.39 Å². The molecule has 0 aliphatic rings. The summed E-state index contributed by atoms with van der Waals surface area (Å²) in [5.74, 6) is -0.905. The van der Waals surface area contributed by atoms with Crippen molar-refractivity contribution in [3.8, 4) is 0 Å². The van der Waals surface area contributed by atoms with Gasteiger partial charge in [-0.1, -0.05) is 49.7 Å². The standard InChI is InChI=1S/C21H25FN2O2/c1-14(2)19(24-20(25)17-10-8-15(3)9-11-17)21(26)23-13-12-16-6-4-5-7-18(16)22/h4-11,14,19H,12-13H2,1-3H3,(H,23,26)(H,24,25). The van der Waals surface area contributed by atoms with Gasteiger partial charge in [0.15, 0.2) is 0 Å². The van der Waals surface area contributed by atoms with E-state index in [-0.39, 0.29) is 23.5 Å². The molecule has 138 valence electrons. The van der Waals surface area contributed by atoms with Crippen LogP contribution in [0, 0.1) is 18.7 Å². The Morgan fingerprint density at radius 3 is 2.31 bits per heavy atom. The summed E-state index contributed by atoms with van der Waals surface area (Å²) in [6.45, 7) is 6.00. The molecule has 2 N–H and O–H groups in total. The van der Waals surface area contributed by atoms with Crippen molar-refractivity contribution >= 4 is 11.8 Å². The molecule has 0 aliphatic heterocycles. The Bertz CT molecular complexity index is 757. The second kappa shape index (κ2) is 9.13. The number of carbonyl (C=O) groups excluding carboxylic acids is 2. The van der Waals surface area contributed by atoms with Crippen molar-refractivity contribution in [3.05, 3.63) is 71.0 Å². The lowest BCUT2D eigenvalue weighted by molar-refractivity contribution is -0.123. The highest BCUT2D eigenvalue weighted by atomic mass is 19.1. The predicted molar refractivity (Wildman–Crippen MR) is 100 cm³/mol. The molecule has 0 aromatic heterocycles. The number of hydrogen-bond donors (Lipinski definition) is 2. The molecule has 0 aliphatic carbocycles. The first-order valence-electron chi connectivity index (χ1n) is 8.77. The van der Waals surface area contributed by atoms with Gasteiger partial charge in [0.05, 0.1) is 0 Å². The molecule has 0 spiro atoms. The molecule has 1 atom stereocenters. The average Bonchev–Trinajstić information content (AvgIpc) is 2.61. The van der Waals surface area contributed by atoms with Crippen molar-refractivity contribution < 1.29 is 14.0 Å². The van der Waals surface area contributed by atoms with Crippen LogP contribution in [0.4, 0.5) is 4.39 Å². The average molecular weight is 356 g/mol. The first-order valence-corrected chi connectivity index (χ1v) is 8.77.